The Morgan fingerprint density at radius 1 is 1.18 bits per heavy atom. The number of benzene rings is 2. The van der Waals surface area contributed by atoms with Gasteiger partial charge in [-0.25, -0.2) is 4.98 Å². The molecule has 0 spiro atoms. The van der Waals surface area contributed by atoms with Gasteiger partial charge in [0.25, 0.3) is 0 Å². The minimum absolute atomic E-state index is 0.256. The first-order chi connectivity index (χ1) is 16.0. The van der Waals surface area contributed by atoms with Crippen molar-refractivity contribution in [2.24, 2.45) is 0 Å². The number of anilines is 2. The van der Waals surface area contributed by atoms with Gasteiger partial charge in [-0.3, -0.25) is 0 Å². The zero-order chi connectivity index (χ0) is 22.9. The molecule has 0 radical (unpaired) electrons. The average Bonchev–Trinajstić information content (AvgIpc) is 3.47. The second kappa shape index (κ2) is 8.58. The van der Waals surface area contributed by atoms with E-state index in [2.05, 4.69) is 40.4 Å². The molecule has 0 aliphatic rings. The maximum Gasteiger partial charge on any atom is 0.126 e. The number of hydrogen-bond donors (Lipinski definition) is 3. The van der Waals surface area contributed by atoms with E-state index in [4.69, 9.17) is 4.74 Å². The smallest absolute Gasteiger partial charge is 0.126 e. The van der Waals surface area contributed by atoms with Crippen molar-refractivity contribution in [3.05, 3.63) is 72.1 Å². The molecule has 0 saturated heterocycles. The van der Waals surface area contributed by atoms with Crippen molar-refractivity contribution in [3.8, 4) is 22.3 Å². The third-order valence-electron chi connectivity index (χ3n) is 5.58. The summed E-state index contributed by atoms with van der Waals surface area (Å²) in [7, 11) is 0. The second-order valence-corrected chi connectivity index (χ2v) is 9.01. The molecule has 164 valence electrons. The van der Waals surface area contributed by atoms with Gasteiger partial charge in [0.1, 0.15) is 23.3 Å². The minimum Gasteiger partial charge on any atom is -0.491 e. The summed E-state index contributed by atoms with van der Waals surface area (Å²) in [5.41, 5.74) is 5.46. The number of aryl methyl sites for hydroxylation is 1. The molecule has 1 atom stereocenters. The first-order valence-electron chi connectivity index (χ1n) is 10.6. The number of H-pyrrole nitrogens is 1. The van der Waals surface area contributed by atoms with Gasteiger partial charge in [-0.05, 0) is 73.5 Å². The number of nitrogens with one attached hydrogen (secondary N) is 2. The molecule has 5 rings (SSSR count). The van der Waals surface area contributed by atoms with Crippen molar-refractivity contribution < 1.29 is 9.84 Å². The van der Waals surface area contributed by atoms with Crippen LogP contribution in [-0.4, -0.2) is 27.8 Å². The third kappa shape index (κ3) is 4.02. The van der Waals surface area contributed by atoms with Gasteiger partial charge in [-0.1, -0.05) is 0 Å². The summed E-state index contributed by atoms with van der Waals surface area (Å²) < 4.78 is 5.56. The maximum atomic E-state index is 9.74. The fourth-order valence-corrected chi connectivity index (χ4v) is 4.85. The number of aromatic amines is 1. The monoisotopic (exact) mass is 454 g/mol. The van der Waals surface area contributed by atoms with Crippen LogP contribution in [0.25, 0.3) is 31.6 Å². The normalized spacial score (nSPS) is 12.1. The van der Waals surface area contributed by atoms with Gasteiger partial charge in [-0.2, -0.15) is 5.26 Å². The first kappa shape index (κ1) is 21.0. The zero-order valence-corrected chi connectivity index (χ0v) is 19.0. The predicted molar refractivity (Wildman–Crippen MR) is 133 cm³/mol. The van der Waals surface area contributed by atoms with Gasteiger partial charge in [0, 0.05) is 39.2 Å². The van der Waals surface area contributed by atoms with Gasteiger partial charge in [0.05, 0.1) is 17.4 Å². The van der Waals surface area contributed by atoms with E-state index in [0.717, 1.165) is 48.5 Å². The standard InChI is InChI=1S/C26H22N4O2S/c1-15(31)14-32-19-5-3-17(4-6-19)24-11-21-25(18(12-27)13-29-26(21)33-24)30-22-7-8-23-20(16(22)2)9-10-28-23/h3-11,13,15,28,31H,14H2,1-2H3,(H,29,30)/t15-/m0/s1. The molecule has 0 amide bonds. The Labute approximate surface area is 195 Å². The summed E-state index contributed by atoms with van der Waals surface area (Å²) >= 11 is 1.58. The average molecular weight is 455 g/mol. The Balaban J connectivity index is 1.52. The van der Waals surface area contributed by atoms with Gasteiger partial charge in [0.2, 0.25) is 0 Å². The molecule has 7 heteroatoms. The predicted octanol–water partition coefficient (Wildman–Crippen LogP) is 6.13. The maximum absolute atomic E-state index is 9.74. The number of fused-ring (bicyclic) bond motifs is 2. The summed E-state index contributed by atoms with van der Waals surface area (Å²) in [6, 6.07) is 18.2. The Kier molecular flexibility index (Phi) is 5.47. The molecular formula is C26H22N4O2S. The van der Waals surface area contributed by atoms with Crippen molar-refractivity contribution in [1.29, 1.82) is 5.26 Å². The highest BCUT2D eigenvalue weighted by molar-refractivity contribution is 7.21. The Hall–Kier alpha value is -3.86. The van der Waals surface area contributed by atoms with Crippen LogP contribution in [-0.2, 0) is 0 Å². The molecular weight excluding hydrogens is 432 g/mol. The molecule has 2 aromatic carbocycles. The SMILES string of the molecule is Cc1c(Nc2c(C#N)cnc3sc(-c4ccc(OC[C@H](C)O)cc4)cc23)ccc2[nH]ccc12. The van der Waals surface area contributed by atoms with Crippen molar-refractivity contribution >= 4 is 43.8 Å². The van der Waals surface area contributed by atoms with Gasteiger partial charge < -0.3 is 20.1 Å². The Morgan fingerprint density at radius 3 is 2.76 bits per heavy atom. The largest absolute Gasteiger partial charge is 0.491 e. The molecule has 0 aliphatic heterocycles. The Bertz CT molecular complexity index is 1490. The lowest BCUT2D eigenvalue weighted by molar-refractivity contribution is 0.123. The number of aromatic nitrogens is 2. The van der Waals surface area contributed by atoms with Crippen LogP contribution in [0.15, 0.2) is 60.9 Å². The number of ether oxygens (including phenoxy) is 1. The van der Waals surface area contributed by atoms with E-state index >= 15 is 0 Å². The van der Waals surface area contributed by atoms with Crippen LogP contribution >= 0.6 is 11.3 Å². The fraction of sp³-hybridized carbons (Fsp3) is 0.154. The molecule has 6 nitrogen and oxygen atoms in total. The van der Waals surface area contributed by atoms with Crippen LogP contribution in [0.2, 0.25) is 0 Å². The van der Waals surface area contributed by atoms with Crippen LogP contribution in [0.5, 0.6) is 5.75 Å². The summed E-state index contributed by atoms with van der Waals surface area (Å²) in [6.07, 6.45) is 3.04. The van der Waals surface area contributed by atoms with E-state index < -0.39 is 6.10 Å². The van der Waals surface area contributed by atoms with E-state index in [1.165, 1.54) is 0 Å². The topological polar surface area (TPSA) is 94.0 Å². The molecule has 0 fully saturated rings. The highest BCUT2D eigenvalue weighted by Crippen LogP contribution is 2.39. The fourth-order valence-electron chi connectivity index (χ4n) is 3.84. The van der Waals surface area contributed by atoms with Gasteiger partial charge >= 0.3 is 0 Å². The number of aliphatic hydroxyl groups is 1. The molecule has 33 heavy (non-hydrogen) atoms. The lowest BCUT2D eigenvalue weighted by atomic mass is 10.1. The van der Waals surface area contributed by atoms with Crippen molar-refractivity contribution in [2.45, 2.75) is 20.0 Å². The van der Waals surface area contributed by atoms with E-state index in [9.17, 15) is 10.4 Å². The summed E-state index contributed by atoms with van der Waals surface area (Å²) in [4.78, 5) is 9.68. The van der Waals surface area contributed by atoms with E-state index in [1.807, 2.05) is 42.6 Å². The molecule has 0 saturated carbocycles. The molecule has 0 bridgehead atoms. The van der Waals surface area contributed by atoms with E-state index in [-0.39, 0.29) is 6.61 Å². The summed E-state index contributed by atoms with van der Waals surface area (Å²) in [6.45, 7) is 4.02. The quantitative estimate of drug-likeness (QED) is 0.287. The highest BCUT2D eigenvalue weighted by atomic mass is 32.1. The van der Waals surface area contributed by atoms with Crippen LogP contribution in [0.1, 0.15) is 18.1 Å². The number of aliphatic hydroxyl groups excluding tert-OH is 1. The lowest BCUT2D eigenvalue weighted by Gasteiger charge is -2.12. The number of pyridine rings is 1. The zero-order valence-electron chi connectivity index (χ0n) is 18.2. The van der Waals surface area contributed by atoms with Crippen LogP contribution in [0.3, 0.4) is 0 Å². The van der Waals surface area contributed by atoms with Crippen LogP contribution < -0.4 is 10.1 Å². The van der Waals surface area contributed by atoms with Crippen molar-refractivity contribution in [2.75, 3.05) is 11.9 Å². The number of hydrogen-bond acceptors (Lipinski definition) is 6. The minimum atomic E-state index is -0.514. The number of nitriles is 1. The van der Waals surface area contributed by atoms with Gasteiger partial charge in [-0.15, -0.1) is 11.3 Å². The highest BCUT2D eigenvalue weighted by Gasteiger charge is 2.15. The molecule has 3 aromatic heterocycles. The molecule has 5 aromatic rings. The third-order valence-corrected chi connectivity index (χ3v) is 6.67. The first-order valence-corrected chi connectivity index (χ1v) is 11.4. The molecule has 3 heterocycles. The lowest BCUT2D eigenvalue weighted by Crippen LogP contribution is -2.12. The number of nitrogens with zero attached hydrogens (tertiary/aromatic N) is 2. The molecule has 3 N–H and O–H groups in total. The van der Waals surface area contributed by atoms with E-state index in [0.29, 0.717) is 11.3 Å². The number of thiophene rings is 1. The second-order valence-electron chi connectivity index (χ2n) is 7.97. The van der Waals surface area contributed by atoms with Gasteiger partial charge in [0.15, 0.2) is 0 Å². The Morgan fingerprint density at radius 2 is 2.00 bits per heavy atom. The van der Waals surface area contributed by atoms with Crippen molar-refractivity contribution in [3.63, 3.8) is 0 Å². The van der Waals surface area contributed by atoms with Crippen molar-refractivity contribution in [1.82, 2.24) is 9.97 Å². The molecule has 0 unspecified atom stereocenters. The summed E-state index contributed by atoms with van der Waals surface area (Å²) in [5, 5.41) is 24.7. The van der Waals surface area contributed by atoms with Crippen LogP contribution in [0, 0.1) is 18.3 Å². The van der Waals surface area contributed by atoms with E-state index in [1.54, 1.807) is 24.5 Å². The van der Waals surface area contributed by atoms with Crippen LogP contribution in [0.4, 0.5) is 11.4 Å². The summed E-state index contributed by atoms with van der Waals surface area (Å²) in [5.74, 6) is 0.712. The number of rotatable bonds is 6. The molecule has 0 aliphatic carbocycles.